The number of urea groups is 1. The van der Waals surface area contributed by atoms with Crippen molar-refractivity contribution < 1.29 is 24.2 Å². The number of rotatable bonds is 8. The molecule has 1 aromatic rings. The van der Waals surface area contributed by atoms with Gasteiger partial charge < -0.3 is 24.8 Å². The molecule has 2 amide bonds. The van der Waals surface area contributed by atoms with Crippen molar-refractivity contribution in [2.75, 3.05) is 39.2 Å². The van der Waals surface area contributed by atoms with E-state index in [4.69, 9.17) is 14.6 Å². The first-order chi connectivity index (χ1) is 10.4. The van der Waals surface area contributed by atoms with E-state index in [1.807, 2.05) is 0 Å². The average Bonchev–Trinajstić information content (AvgIpc) is 2.49. The summed E-state index contributed by atoms with van der Waals surface area (Å²) in [4.78, 5) is 24.1. The summed E-state index contributed by atoms with van der Waals surface area (Å²) in [5.74, 6) is -0.868. The SMILES string of the molecule is COCCOc1ccc(NC(=O)N(C)CC(C)C(=O)O)cc1. The number of carbonyl (C=O) groups excluding carboxylic acids is 1. The summed E-state index contributed by atoms with van der Waals surface area (Å²) in [7, 11) is 3.15. The molecular formula is C15H22N2O5. The minimum absolute atomic E-state index is 0.138. The van der Waals surface area contributed by atoms with Crippen LogP contribution in [0.5, 0.6) is 5.75 Å². The molecule has 0 bridgehead atoms. The summed E-state index contributed by atoms with van der Waals surface area (Å²) in [6.07, 6.45) is 0. The van der Waals surface area contributed by atoms with Crippen molar-refractivity contribution in [1.29, 1.82) is 0 Å². The van der Waals surface area contributed by atoms with E-state index in [-0.39, 0.29) is 12.6 Å². The highest BCUT2D eigenvalue weighted by Gasteiger charge is 2.17. The minimum atomic E-state index is -0.933. The van der Waals surface area contributed by atoms with Gasteiger partial charge in [-0.25, -0.2) is 4.79 Å². The average molecular weight is 310 g/mol. The molecule has 0 radical (unpaired) electrons. The number of hydrogen-bond donors (Lipinski definition) is 2. The molecule has 0 aromatic heterocycles. The van der Waals surface area contributed by atoms with Crippen LogP contribution < -0.4 is 10.1 Å². The molecule has 0 saturated carbocycles. The number of carboxylic acids is 1. The molecule has 122 valence electrons. The van der Waals surface area contributed by atoms with Crippen LogP contribution in [0.3, 0.4) is 0 Å². The van der Waals surface area contributed by atoms with Gasteiger partial charge >= 0.3 is 12.0 Å². The summed E-state index contributed by atoms with van der Waals surface area (Å²) in [5.41, 5.74) is 0.610. The molecule has 0 saturated heterocycles. The van der Waals surface area contributed by atoms with Crippen LogP contribution in [-0.2, 0) is 9.53 Å². The maximum absolute atomic E-state index is 11.9. The van der Waals surface area contributed by atoms with E-state index < -0.39 is 11.9 Å². The van der Waals surface area contributed by atoms with Gasteiger partial charge in [-0.05, 0) is 24.3 Å². The Kier molecular flexibility index (Phi) is 7.18. The zero-order valence-corrected chi connectivity index (χ0v) is 13.0. The quantitative estimate of drug-likeness (QED) is 0.716. The van der Waals surface area contributed by atoms with Crippen LogP contribution in [0.15, 0.2) is 24.3 Å². The highest BCUT2D eigenvalue weighted by Crippen LogP contribution is 2.16. The van der Waals surface area contributed by atoms with E-state index in [1.54, 1.807) is 45.3 Å². The van der Waals surface area contributed by atoms with Gasteiger partial charge in [0, 0.05) is 26.4 Å². The second-order valence-corrected chi connectivity index (χ2v) is 4.92. The molecule has 22 heavy (non-hydrogen) atoms. The lowest BCUT2D eigenvalue weighted by Gasteiger charge is -2.20. The Balaban J connectivity index is 2.48. The van der Waals surface area contributed by atoms with E-state index in [1.165, 1.54) is 4.90 Å². The van der Waals surface area contributed by atoms with E-state index in [0.717, 1.165) is 0 Å². The number of benzene rings is 1. The van der Waals surface area contributed by atoms with Crippen LogP contribution in [0.2, 0.25) is 0 Å². The minimum Gasteiger partial charge on any atom is -0.491 e. The first-order valence-electron chi connectivity index (χ1n) is 6.90. The fourth-order valence-corrected chi connectivity index (χ4v) is 1.67. The number of carbonyl (C=O) groups is 2. The van der Waals surface area contributed by atoms with Crippen LogP contribution in [-0.4, -0.2) is 55.9 Å². The number of ether oxygens (including phenoxy) is 2. The van der Waals surface area contributed by atoms with Crippen molar-refractivity contribution >= 4 is 17.7 Å². The van der Waals surface area contributed by atoms with Gasteiger partial charge in [-0.2, -0.15) is 0 Å². The Labute approximate surface area is 129 Å². The summed E-state index contributed by atoms with van der Waals surface area (Å²) >= 11 is 0. The molecule has 0 aliphatic heterocycles. The third kappa shape index (κ3) is 6.01. The van der Waals surface area contributed by atoms with Crippen molar-refractivity contribution in [2.24, 2.45) is 5.92 Å². The third-order valence-corrected chi connectivity index (χ3v) is 2.98. The molecule has 1 atom stereocenters. The zero-order chi connectivity index (χ0) is 16.5. The second kappa shape index (κ2) is 8.89. The predicted octanol–water partition coefficient (Wildman–Crippen LogP) is 1.90. The van der Waals surface area contributed by atoms with Crippen LogP contribution in [0.25, 0.3) is 0 Å². The zero-order valence-electron chi connectivity index (χ0n) is 13.0. The van der Waals surface area contributed by atoms with Gasteiger partial charge in [0.25, 0.3) is 0 Å². The van der Waals surface area contributed by atoms with E-state index in [2.05, 4.69) is 5.32 Å². The van der Waals surface area contributed by atoms with Crippen LogP contribution in [0, 0.1) is 5.92 Å². The van der Waals surface area contributed by atoms with Gasteiger partial charge in [0.15, 0.2) is 0 Å². The number of carboxylic acid groups (broad SMARTS) is 1. The van der Waals surface area contributed by atoms with Crippen LogP contribution in [0.1, 0.15) is 6.92 Å². The summed E-state index contributed by atoms with van der Waals surface area (Å²) < 4.78 is 10.3. The summed E-state index contributed by atoms with van der Waals surface area (Å²) in [6.45, 7) is 2.65. The molecule has 0 aliphatic rings. The number of anilines is 1. The monoisotopic (exact) mass is 310 g/mol. The molecule has 7 nitrogen and oxygen atoms in total. The molecule has 1 aromatic carbocycles. The standard InChI is InChI=1S/C15H22N2O5/c1-11(14(18)19)10-17(2)15(20)16-12-4-6-13(7-5-12)22-9-8-21-3/h4-7,11H,8-10H2,1-3H3,(H,16,20)(H,18,19). The molecule has 1 rings (SSSR count). The topological polar surface area (TPSA) is 88.1 Å². The van der Waals surface area contributed by atoms with E-state index in [9.17, 15) is 9.59 Å². The van der Waals surface area contributed by atoms with Gasteiger partial charge in [0.05, 0.1) is 12.5 Å². The van der Waals surface area contributed by atoms with E-state index in [0.29, 0.717) is 24.7 Å². The van der Waals surface area contributed by atoms with Gasteiger partial charge in [-0.3, -0.25) is 4.79 Å². The van der Waals surface area contributed by atoms with Crippen molar-refractivity contribution in [3.8, 4) is 5.75 Å². The molecule has 1 unspecified atom stereocenters. The Bertz CT molecular complexity index is 489. The molecule has 0 aliphatic carbocycles. The number of nitrogens with zero attached hydrogens (tertiary/aromatic N) is 1. The fraction of sp³-hybridized carbons (Fsp3) is 0.467. The van der Waals surface area contributed by atoms with Gasteiger partial charge in [-0.1, -0.05) is 6.92 Å². The third-order valence-electron chi connectivity index (χ3n) is 2.98. The second-order valence-electron chi connectivity index (χ2n) is 4.92. The van der Waals surface area contributed by atoms with Crippen molar-refractivity contribution in [3.05, 3.63) is 24.3 Å². The smallest absolute Gasteiger partial charge is 0.321 e. The Morgan fingerprint density at radius 2 is 1.91 bits per heavy atom. The first kappa shape index (κ1) is 17.8. The van der Waals surface area contributed by atoms with Crippen molar-refractivity contribution in [1.82, 2.24) is 4.90 Å². The largest absolute Gasteiger partial charge is 0.491 e. The van der Waals surface area contributed by atoms with Crippen molar-refractivity contribution in [2.45, 2.75) is 6.92 Å². The van der Waals surface area contributed by atoms with Crippen molar-refractivity contribution in [3.63, 3.8) is 0 Å². The number of aliphatic carboxylic acids is 1. The molecule has 2 N–H and O–H groups in total. The van der Waals surface area contributed by atoms with Crippen LogP contribution >= 0.6 is 0 Å². The maximum Gasteiger partial charge on any atom is 0.321 e. The highest BCUT2D eigenvalue weighted by molar-refractivity contribution is 5.89. The molecule has 0 spiro atoms. The molecule has 0 heterocycles. The predicted molar refractivity (Wildman–Crippen MR) is 82.3 cm³/mol. The maximum atomic E-state index is 11.9. The number of hydrogen-bond acceptors (Lipinski definition) is 4. The van der Waals surface area contributed by atoms with Gasteiger partial charge in [0.2, 0.25) is 0 Å². The normalized spacial score (nSPS) is 11.6. The van der Waals surface area contributed by atoms with Crippen LogP contribution in [0.4, 0.5) is 10.5 Å². The molecular weight excluding hydrogens is 288 g/mol. The summed E-state index contributed by atoms with van der Waals surface area (Å²) in [6, 6.07) is 6.56. The fourth-order valence-electron chi connectivity index (χ4n) is 1.67. The number of nitrogens with one attached hydrogen (secondary N) is 1. The lowest BCUT2D eigenvalue weighted by Crippen LogP contribution is -2.36. The summed E-state index contributed by atoms with van der Waals surface area (Å²) in [5, 5.41) is 11.5. The lowest BCUT2D eigenvalue weighted by molar-refractivity contribution is -0.141. The highest BCUT2D eigenvalue weighted by atomic mass is 16.5. The Hall–Kier alpha value is -2.28. The number of methoxy groups -OCH3 is 1. The van der Waals surface area contributed by atoms with E-state index >= 15 is 0 Å². The number of amides is 2. The lowest BCUT2D eigenvalue weighted by atomic mass is 10.2. The Morgan fingerprint density at radius 3 is 2.45 bits per heavy atom. The molecule has 0 fully saturated rings. The van der Waals surface area contributed by atoms with Gasteiger partial charge in [0.1, 0.15) is 12.4 Å². The first-order valence-corrected chi connectivity index (χ1v) is 6.90. The molecule has 7 heteroatoms. The Morgan fingerprint density at radius 1 is 1.27 bits per heavy atom. The van der Waals surface area contributed by atoms with Gasteiger partial charge in [-0.15, -0.1) is 0 Å².